The Kier molecular flexibility index (Phi) is 15.2. The van der Waals surface area contributed by atoms with Gasteiger partial charge in [-0.2, -0.15) is 0 Å². The van der Waals surface area contributed by atoms with Crippen molar-refractivity contribution in [1.29, 1.82) is 0 Å². The number of ether oxygens (including phenoxy) is 8. The number of azide groups is 1. The Morgan fingerprint density at radius 1 is 0.671 bits per heavy atom. The Hall–Kier alpha value is -3.99. The van der Waals surface area contributed by atoms with Gasteiger partial charge in [-0.1, -0.05) is 168 Å². The van der Waals surface area contributed by atoms with Crippen molar-refractivity contribution >= 4 is 8.32 Å². The average molecular weight is 976 g/mol. The SMILES string of the molecule is CC1(C)[C@H]2CC[C@]1(C)C1(C2)O[C@@H]2[C@H](OCc3ccccc3)[C@@H](OCc3ccccc3)[C@H](OCc3ccccc3)[C@@H](O[C@H]3O[C@H](CO[Si](C)(C)C(C)(C)C)[C@@H](O)[C@H](OCc4ccccc4)[C@H]3N=[N+]=[N-])[C@@H]2O1. The van der Waals surface area contributed by atoms with E-state index in [0.29, 0.717) is 12.3 Å². The Morgan fingerprint density at radius 3 is 1.54 bits per heavy atom. The normalized spacial score (nSPS) is 34.6. The zero-order chi connectivity index (χ0) is 49.3. The molecule has 1 spiro atoms. The van der Waals surface area contributed by atoms with Gasteiger partial charge in [0.05, 0.1) is 39.1 Å². The lowest BCUT2D eigenvalue weighted by Gasteiger charge is -2.50. The van der Waals surface area contributed by atoms with E-state index in [1.807, 2.05) is 109 Å². The van der Waals surface area contributed by atoms with Crippen molar-refractivity contribution in [2.45, 2.75) is 178 Å². The van der Waals surface area contributed by atoms with Gasteiger partial charge in [0.15, 0.2) is 20.4 Å². The summed E-state index contributed by atoms with van der Waals surface area (Å²) in [6, 6.07) is 38.7. The lowest BCUT2D eigenvalue weighted by Crippen LogP contribution is -2.68. The number of fused-ring (bicyclic) bond motifs is 4. The first-order valence-electron chi connectivity index (χ1n) is 25.2. The van der Waals surface area contributed by atoms with Gasteiger partial charge in [0.2, 0.25) is 0 Å². The van der Waals surface area contributed by atoms with Crippen molar-refractivity contribution in [2.24, 2.45) is 21.9 Å². The number of aliphatic hydroxyl groups is 1. The highest BCUT2D eigenvalue weighted by atomic mass is 28.4. The van der Waals surface area contributed by atoms with Crippen LogP contribution in [0.25, 0.3) is 10.4 Å². The van der Waals surface area contributed by atoms with E-state index in [4.69, 9.17) is 42.3 Å². The second kappa shape index (κ2) is 20.9. The summed E-state index contributed by atoms with van der Waals surface area (Å²) in [6.07, 6.45) is -6.43. The van der Waals surface area contributed by atoms with Crippen LogP contribution in [0.2, 0.25) is 18.1 Å². The van der Waals surface area contributed by atoms with Crippen LogP contribution >= 0.6 is 0 Å². The molecule has 2 saturated heterocycles. The summed E-state index contributed by atoms with van der Waals surface area (Å²) < 4.78 is 64.3. The monoisotopic (exact) mass is 976 g/mol. The minimum absolute atomic E-state index is 0.0616. The van der Waals surface area contributed by atoms with Crippen LogP contribution in [0, 0.1) is 16.7 Å². The predicted octanol–water partition coefficient (Wildman–Crippen LogP) is 10.8. The van der Waals surface area contributed by atoms with Crippen LogP contribution in [0.1, 0.15) is 83.1 Å². The molecule has 5 fully saturated rings. The fraction of sp³-hybridized carbons (Fsp3) is 0.571. The Labute approximate surface area is 415 Å². The molecule has 0 aromatic heterocycles. The fourth-order valence-electron chi connectivity index (χ4n) is 11.4. The Balaban J connectivity index is 1.15. The van der Waals surface area contributed by atoms with Gasteiger partial charge >= 0.3 is 0 Å². The molecule has 2 heterocycles. The van der Waals surface area contributed by atoms with Crippen LogP contribution in [0.5, 0.6) is 0 Å². The number of hydrogen-bond donors (Lipinski definition) is 1. The third-order valence-electron chi connectivity index (χ3n) is 17.1. The molecule has 1 unspecified atom stereocenters. The van der Waals surface area contributed by atoms with E-state index >= 15 is 0 Å². The van der Waals surface area contributed by atoms with Gasteiger partial charge in [0.25, 0.3) is 0 Å². The molecule has 9 rings (SSSR count). The molecule has 1 N–H and O–H groups in total. The van der Waals surface area contributed by atoms with E-state index in [9.17, 15) is 10.6 Å². The second-order valence-corrected chi connectivity index (χ2v) is 27.2. The lowest BCUT2D eigenvalue weighted by atomic mass is 9.68. The number of benzene rings is 4. The molecule has 3 saturated carbocycles. The topological polar surface area (TPSA) is 152 Å². The first kappa shape index (κ1) is 50.9. The fourth-order valence-corrected chi connectivity index (χ4v) is 12.4. The summed E-state index contributed by atoms with van der Waals surface area (Å²) in [4.78, 5) is 3.32. The van der Waals surface area contributed by atoms with Crippen LogP contribution in [-0.4, -0.2) is 93.1 Å². The molecular formula is C56H73N3O10Si. The standard InChI is InChI=1S/C56H73N3O10Si/c1-53(2,3)70(7,8)65-36-42-44(60)45(61-32-37-21-13-9-14-22-37)43(58-59-57)52(66-42)67-49-47(63-34-39-25-17-11-18-26-39)46(62-33-38-23-15-10-16-24-38)48(64-35-40-27-19-12-20-28-40)50-51(49)69-56(68-50)31-41-29-30-55(56,6)54(41,4)5/h9-28,41-52,60H,29-36H2,1-8H3/t41-,42+,43+,44+,45+,46-,47-,48+,49+,50+,51-,52+,55-,56?/m0/s1. The minimum atomic E-state index is -2.35. The molecule has 376 valence electrons. The number of rotatable bonds is 18. The van der Waals surface area contributed by atoms with Crippen molar-refractivity contribution in [3.8, 4) is 0 Å². The molecule has 4 aromatic carbocycles. The van der Waals surface area contributed by atoms with E-state index < -0.39 is 81.4 Å². The average Bonchev–Trinajstić information content (AvgIpc) is 3.90. The zero-order valence-corrected chi connectivity index (χ0v) is 43.1. The van der Waals surface area contributed by atoms with Gasteiger partial charge in [-0.05, 0) is 70.1 Å². The van der Waals surface area contributed by atoms with E-state index in [1.165, 1.54) is 0 Å². The summed E-state index contributed by atoms with van der Waals surface area (Å²) in [6.45, 7) is 18.8. The summed E-state index contributed by atoms with van der Waals surface area (Å²) in [7, 11) is -2.35. The molecule has 4 aromatic rings. The van der Waals surface area contributed by atoms with Crippen LogP contribution < -0.4 is 0 Å². The van der Waals surface area contributed by atoms with E-state index in [1.54, 1.807) is 0 Å². The maximum absolute atomic E-state index is 12.3. The van der Waals surface area contributed by atoms with Crippen LogP contribution in [-0.2, 0) is 68.7 Å². The summed E-state index contributed by atoms with van der Waals surface area (Å²) >= 11 is 0. The van der Waals surface area contributed by atoms with Gasteiger partial charge < -0.3 is 47.4 Å². The Morgan fingerprint density at radius 2 is 1.11 bits per heavy atom. The molecule has 70 heavy (non-hydrogen) atoms. The smallest absolute Gasteiger partial charge is 0.192 e. The van der Waals surface area contributed by atoms with E-state index in [2.05, 4.69) is 76.8 Å². The zero-order valence-electron chi connectivity index (χ0n) is 42.1. The maximum atomic E-state index is 12.3. The molecule has 0 amide bonds. The summed E-state index contributed by atoms with van der Waals surface area (Å²) in [5.74, 6) is -0.602. The van der Waals surface area contributed by atoms with Crippen LogP contribution in [0.4, 0.5) is 0 Å². The first-order chi connectivity index (χ1) is 33.5. The van der Waals surface area contributed by atoms with Crippen molar-refractivity contribution < 1.29 is 47.4 Å². The molecule has 2 aliphatic heterocycles. The number of aliphatic hydroxyl groups excluding tert-OH is 1. The Bertz CT molecular complexity index is 2370. The summed E-state index contributed by atoms with van der Waals surface area (Å²) in [5.41, 5.74) is 13.7. The molecule has 14 atom stereocenters. The third kappa shape index (κ3) is 10.1. The van der Waals surface area contributed by atoms with Gasteiger partial charge in [-0.25, -0.2) is 0 Å². The van der Waals surface area contributed by atoms with E-state index in [-0.39, 0.29) is 48.9 Å². The van der Waals surface area contributed by atoms with Crippen molar-refractivity contribution in [2.75, 3.05) is 6.61 Å². The quantitative estimate of drug-likeness (QED) is 0.0441. The molecule has 3 aliphatic carbocycles. The largest absolute Gasteiger partial charge is 0.414 e. The molecule has 2 bridgehead atoms. The third-order valence-corrected chi connectivity index (χ3v) is 21.6. The molecule has 13 nitrogen and oxygen atoms in total. The lowest BCUT2D eigenvalue weighted by molar-refractivity contribution is -0.323. The van der Waals surface area contributed by atoms with Crippen LogP contribution in [0.3, 0.4) is 0 Å². The second-order valence-electron chi connectivity index (χ2n) is 22.4. The van der Waals surface area contributed by atoms with Crippen molar-refractivity contribution in [3.63, 3.8) is 0 Å². The summed E-state index contributed by atoms with van der Waals surface area (Å²) in [5, 5.41) is 16.5. The number of nitrogens with zero attached hydrogens (tertiary/aromatic N) is 3. The van der Waals surface area contributed by atoms with Gasteiger partial charge in [-0.3, -0.25) is 0 Å². The predicted molar refractivity (Wildman–Crippen MR) is 267 cm³/mol. The molecular weight excluding hydrogens is 903 g/mol. The number of hydrogen-bond acceptors (Lipinski definition) is 11. The highest BCUT2D eigenvalue weighted by molar-refractivity contribution is 6.74. The maximum Gasteiger partial charge on any atom is 0.192 e. The van der Waals surface area contributed by atoms with Crippen molar-refractivity contribution in [3.05, 3.63) is 154 Å². The van der Waals surface area contributed by atoms with Gasteiger partial charge in [0.1, 0.15) is 54.9 Å². The highest BCUT2D eigenvalue weighted by Crippen LogP contribution is 2.73. The highest BCUT2D eigenvalue weighted by Gasteiger charge is 2.76. The van der Waals surface area contributed by atoms with Crippen LogP contribution in [0.15, 0.2) is 126 Å². The van der Waals surface area contributed by atoms with Crippen molar-refractivity contribution in [1.82, 2.24) is 0 Å². The van der Waals surface area contributed by atoms with Gasteiger partial charge in [0, 0.05) is 16.7 Å². The van der Waals surface area contributed by atoms with Gasteiger partial charge in [-0.15, -0.1) is 0 Å². The minimum Gasteiger partial charge on any atom is -0.414 e. The van der Waals surface area contributed by atoms with E-state index in [0.717, 1.165) is 35.1 Å². The molecule has 0 radical (unpaired) electrons. The molecule has 14 heteroatoms. The molecule has 5 aliphatic rings. The first-order valence-corrected chi connectivity index (χ1v) is 28.1.